The fraction of sp³-hybridized carbons (Fsp3) is 0.600. The zero-order valence-corrected chi connectivity index (χ0v) is 13.7. The summed E-state index contributed by atoms with van der Waals surface area (Å²) in [6.07, 6.45) is 1.67. The maximum Gasteiger partial charge on any atom is 0.276 e. The highest BCUT2D eigenvalue weighted by Gasteiger charge is 2.12. The van der Waals surface area contributed by atoms with E-state index in [1.165, 1.54) is 11.1 Å². The predicted molar refractivity (Wildman–Crippen MR) is 84.1 cm³/mol. The number of hydrogen-bond donors (Lipinski definition) is 2. The third kappa shape index (κ3) is 6.03. The molecule has 0 unspecified atom stereocenters. The Labute approximate surface area is 123 Å². The van der Waals surface area contributed by atoms with E-state index in [-0.39, 0.29) is 5.41 Å². The van der Waals surface area contributed by atoms with E-state index in [0.29, 0.717) is 13.1 Å². The molecular formula is C15H26N2O2S. The third-order valence-corrected chi connectivity index (χ3v) is 4.34. The zero-order valence-electron chi connectivity index (χ0n) is 12.9. The molecule has 0 amide bonds. The average molecular weight is 298 g/mol. The fourth-order valence-corrected chi connectivity index (χ4v) is 2.81. The topological polar surface area (TPSA) is 58.2 Å². The van der Waals surface area contributed by atoms with Crippen LogP contribution in [0.15, 0.2) is 24.3 Å². The first-order valence-corrected chi connectivity index (χ1v) is 8.56. The second-order valence-corrected chi connectivity index (χ2v) is 7.53. The molecule has 5 heteroatoms. The first-order valence-electron chi connectivity index (χ1n) is 7.08. The molecule has 1 aromatic rings. The molecule has 0 atom stereocenters. The van der Waals surface area contributed by atoms with E-state index in [9.17, 15) is 8.42 Å². The first kappa shape index (κ1) is 17.1. The van der Waals surface area contributed by atoms with Crippen LogP contribution in [-0.4, -0.2) is 21.5 Å². The number of benzene rings is 1. The van der Waals surface area contributed by atoms with Crippen LogP contribution in [0.4, 0.5) is 0 Å². The highest BCUT2D eigenvalue weighted by atomic mass is 32.2. The smallest absolute Gasteiger partial charge is 0.203 e. The Morgan fingerprint density at radius 2 is 1.65 bits per heavy atom. The van der Waals surface area contributed by atoms with Crippen molar-refractivity contribution in [2.75, 3.05) is 13.1 Å². The van der Waals surface area contributed by atoms with Gasteiger partial charge in [-0.2, -0.15) is 8.42 Å². The van der Waals surface area contributed by atoms with Gasteiger partial charge in [-0.3, -0.25) is 0 Å². The van der Waals surface area contributed by atoms with Gasteiger partial charge in [0.05, 0.1) is 0 Å². The molecule has 0 aliphatic carbocycles. The Bertz CT molecular complexity index is 502. The molecule has 0 saturated heterocycles. The average Bonchev–Trinajstić information content (AvgIpc) is 2.34. The summed E-state index contributed by atoms with van der Waals surface area (Å²) in [5.74, 6) is 0. The van der Waals surface area contributed by atoms with Crippen molar-refractivity contribution in [3.8, 4) is 0 Å². The van der Waals surface area contributed by atoms with Crippen LogP contribution in [0.5, 0.6) is 0 Å². The normalized spacial score (nSPS) is 12.6. The van der Waals surface area contributed by atoms with Crippen LogP contribution in [0.3, 0.4) is 0 Å². The molecular weight excluding hydrogens is 272 g/mol. The highest BCUT2D eigenvalue weighted by Crippen LogP contribution is 2.22. The molecule has 0 aromatic heterocycles. The minimum absolute atomic E-state index is 0.167. The molecule has 0 bridgehead atoms. The van der Waals surface area contributed by atoms with Gasteiger partial charge in [-0.15, -0.1) is 0 Å². The van der Waals surface area contributed by atoms with Gasteiger partial charge in [0.2, 0.25) is 0 Å². The summed E-state index contributed by atoms with van der Waals surface area (Å²) in [5.41, 5.74) is 2.72. The Morgan fingerprint density at radius 3 is 2.15 bits per heavy atom. The van der Waals surface area contributed by atoms with E-state index in [4.69, 9.17) is 0 Å². The van der Waals surface area contributed by atoms with E-state index >= 15 is 0 Å². The monoisotopic (exact) mass is 298 g/mol. The molecule has 1 aromatic carbocycles. The summed E-state index contributed by atoms with van der Waals surface area (Å²) >= 11 is 0. The Hall–Kier alpha value is -0.910. The second kappa shape index (κ2) is 7.20. The van der Waals surface area contributed by atoms with Crippen LogP contribution >= 0.6 is 0 Å². The summed E-state index contributed by atoms with van der Waals surface area (Å²) in [5, 5.41) is 0. The second-order valence-electron chi connectivity index (χ2n) is 5.95. The zero-order chi connectivity index (χ0) is 15.2. The largest absolute Gasteiger partial charge is 0.276 e. The van der Waals surface area contributed by atoms with Crippen molar-refractivity contribution in [2.45, 2.75) is 46.0 Å². The molecule has 0 radical (unpaired) electrons. The minimum atomic E-state index is -3.31. The Morgan fingerprint density at radius 1 is 1.05 bits per heavy atom. The summed E-state index contributed by atoms with van der Waals surface area (Å²) in [6, 6.07) is 8.55. The lowest BCUT2D eigenvalue weighted by atomic mass is 9.86. The lowest BCUT2D eigenvalue weighted by molar-refractivity contribution is 0.566. The van der Waals surface area contributed by atoms with Crippen LogP contribution in [0.25, 0.3) is 0 Å². The highest BCUT2D eigenvalue weighted by molar-refractivity contribution is 7.87. The van der Waals surface area contributed by atoms with Gasteiger partial charge in [0.25, 0.3) is 10.2 Å². The van der Waals surface area contributed by atoms with Crippen molar-refractivity contribution < 1.29 is 8.42 Å². The number of aryl methyl sites for hydroxylation is 1. The van der Waals surface area contributed by atoms with Crippen molar-refractivity contribution in [1.29, 1.82) is 0 Å². The summed E-state index contributed by atoms with van der Waals surface area (Å²) in [7, 11) is -3.31. The predicted octanol–water partition coefficient (Wildman–Crippen LogP) is 2.36. The molecule has 1 rings (SSSR count). The minimum Gasteiger partial charge on any atom is -0.203 e. The summed E-state index contributed by atoms with van der Waals surface area (Å²) in [4.78, 5) is 0. The molecule has 114 valence electrons. The molecule has 0 aliphatic rings. The van der Waals surface area contributed by atoms with Crippen molar-refractivity contribution >= 4 is 10.2 Å². The maximum atomic E-state index is 11.4. The summed E-state index contributed by atoms with van der Waals surface area (Å²) < 4.78 is 27.7. The lowest BCUT2D eigenvalue weighted by Crippen LogP contribution is -2.36. The number of rotatable bonds is 7. The molecule has 0 spiro atoms. The van der Waals surface area contributed by atoms with Gasteiger partial charge in [-0.05, 0) is 29.4 Å². The van der Waals surface area contributed by atoms with E-state index in [1.807, 2.05) is 0 Å². The fourth-order valence-electron chi connectivity index (χ4n) is 1.91. The lowest BCUT2D eigenvalue weighted by Gasteiger charge is -2.19. The van der Waals surface area contributed by atoms with Crippen molar-refractivity contribution in [2.24, 2.45) is 0 Å². The van der Waals surface area contributed by atoms with Crippen molar-refractivity contribution in [1.82, 2.24) is 9.44 Å². The molecule has 2 N–H and O–H groups in total. The summed E-state index contributed by atoms with van der Waals surface area (Å²) in [6.45, 7) is 9.20. The van der Waals surface area contributed by atoms with Crippen LogP contribution in [-0.2, 0) is 22.0 Å². The Balaban J connectivity index is 2.40. The van der Waals surface area contributed by atoms with E-state index in [0.717, 1.165) is 12.8 Å². The van der Waals surface area contributed by atoms with Crippen LogP contribution in [0, 0.1) is 0 Å². The molecule has 0 aliphatic heterocycles. The molecule has 4 nitrogen and oxygen atoms in total. The molecule has 0 fully saturated rings. The van der Waals surface area contributed by atoms with Gasteiger partial charge in [0.1, 0.15) is 0 Å². The standard InChI is InChI=1S/C15H26N2O2S/c1-5-16-20(18,19)17-12-6-7-13-8-10-14(11-9-13)15(2,3)4/h8-11,16-17H,5-7,12H2,1-4H3. The quantitative estimate of drug-likeness (QED) is 0.759. The molecule has 0 heterocycles. The number of nitrogens with one attached hydrogen (secondary N) is 2. The van der Waals surface area contributed by atoms with E-state index < -0.39 is 10.2 Å². The van der Waals surface area contributed by atoms with Gasteiger partial charge < -0.3 is 0 Å². The first-order chi connectivity index (χ1) is 9.24. The van der Waals surface area contributed by atoms with Crippen LogP contribution in [0.2, 0.25) is 0 Å². The van der Waals surface area contributed by atoms with E-state index in [2.05, 4.69) is 54.5 Å². The van der Waals surface area contributed by atoms with Gasteiger partial charge in [-0.25, -0.2) is 9.44 Å². The molecule has 20 heavy (non-hydrogen) atoms. The molecule has 0 saturated carbocycles. The van der Waals surface area contributed by atoms with E-state index in [1.54, 1.807) is 6.92 Å². The SMILES string of the molecule is CCNS(=O)(=O)NCCCc1ccc(C(C)(C)C)cc1. The van der Waals surface area contributed by atoms with Crippen LogP contribution < -0.4 is 9.44 Å². The third-order valence-electron chi connectivity index (χ3n) is 3.09. The Kier molecular flexibility index (Phi) is 6.17. The van der Waals surface area contributed by atoms with Crippen molar-refractivity contribution in [3.63, 3.8) is 0 Å². The maximum absolute atomic E-state index is 11.4. The van der Waals surface area contributed by atoms with Crippen LogP contribution in [0.1, 0.15) is 45.2 Å². The van der Waals surface area contributed by atoms with Gasteiger partial charge in [0, 0.05) is 13.1 Å². The number of hydrogen-bond acceptors (Lipinski definition) is 2. The van der Waals surface area contributed by atoms with Gasteiger partial charge in [-0.1, -0.05) is 52.0 Å². The van der Waals surface area contributed by atoms with Crippen molar-refractivity contribution in [3.05, 3.63) is 35.4 Å². The van der Waals surface area contributed by atoms with Gasteiger partial charge in [0.15, 0.2) is 0 Å². The van der Waals surface area contributed by atoms with Gasteiger partial charge >= 0.3 is 0 Å².